The van der Waals surface area contributed by atoms with E-state index in [9.17, 15) is 4.79 Å². The summed E-state index contributed by atoms with van der Waals surface area (Å²) >= 11 is 1.71. The van der Waals surface area contributed by atoms with Crippen molar-refractivity contribution in [2.24, 2.45) is 5.92 Å². The molecule has 1 N–H and O–H groups in total. The number of aromatic nitrogens is 1. The van der Waals surface area contributed by atoms with Gasteiger partial charge < -0.3 is 10.2 Å². The first-order valence-corrected chi connectivity index (χ1v) is 7.77. The number of hydrogen-bond acceptors (Lipinski definition) is 4. The van der Waals surface area contributed by atoms with Crippen LogP contribution >= 0.6 is 11.3 Å². The fourth-order valence-electron chi connectivity index (χ4n) is 2.36. The van der Waals surface area contributed by atoms with Crippen LogP contribution < -0.4 is 10.2 Å². The van der Waals surface area contributed by atoms with Crippen LogP contribution in [0.25, 0.3) is 10.2 Å². The van der Waals surface area contributed by atoms with Crippen LogP contribution in [0.3, 0.4) is 0 Å². The summed E-state index contributed by atoms with van der Waals surface area (Å²) < 4.78 is 1.22. The summed E-state index contributed by atoms with van der Waals surface area (Å²) in [6.45, 7) is 7.62. The molecular formula is C15H19N3OS. The van der Waals surface area contributed by atoms with E-state index in [1.807, 2.05) is 13.8 Å². The number of thiazole rings is 1. The van der Waals surface area contributed by atoms with Gasteiger partial charge in [0, 0.05) is 19.1 Å². The highest BCUT2D eigenvalue weighted by Crippen LogP contribution is 2.33. The van der Waals surface area contributed by atoms with E-state index >= 15 is 0 Å². The average Bonchev–Trinajstić information content (AvgIpc) is 2.68. The molecule has 2 heterocycles. The Morgan fingerprint density at radius 1 is 1.45 bits per heavy atom. The van der Waals surface area contributed by atoms with Crippen molar-refractivity contribution >= 4 is 32.6 Å². The lowest BCUT2D eigenvalue weighted by molar-refractivity contribution is -0.126. The fourth-order valence-corrected chi connectivity index (χ4v) is 3.44. The first-order chi connectivity index (χ1) is 9.52. The second-order valence-corrected chi connectivity index (χ2v) is 6.74. The van der Waals surface area contributed by atoms with Gasteiger partial charge in [0.2, 0.25) is 5.91 Å². The lowest BCUT2D eigenvalue weighted by Crippen LogP contribution is -2.54. The minimum Gasteiger partial charge on any atom is -0.354 e. The maximum absolute atomic E-state index is 11.9. The summed E-state index contributed by atoms with van der Waals surface area (Å²) in [6, 6.07) is 6.52. The molecule has 1 aliphatic rings. The van der Waals surface area contributed by atoms with Crippen molar-refractivity contribution in [3.05, 3.63) is 23.8 Å². The largest absolute Gasteiger partial charge is 0.354 e. The van der Waals surface area contributed by atoms with E-state index in [-0.39, 0.29) is 17.9 Å². The van der Waals surface area contributed by atoms with Crippen molar-refractivity contribution in [1.82, 2.24) is 10.3 Å². The van der Waals surface area contributed by atoms with Crippen molar-refractivity contribution in [3.8, 4) is 0 Å². The van der Waals surface area contributed by atoms with Crippen LogP contribution in [0.15, 0.2) is 18.2 Å². The second-order valence-electron chi connectivity index (χ2n) is 5.73. The summed E-state index contributed by atoms with van der Waals surface area (Å²) in [5.41, 5.74) is 2.30. The number of nitrogens with one attached hydrogen (secondary N) is 1. The van der Waals surface area contributed by atoms with Crippen molar-refractivity contribution in [1.29, 1.82) is 0 Å². The topological polar surface area (TPSA) is 45.2 Å². The zero-order valence-corrected chi connectivity index (χ0v) is 12.8. The summed E-state index contributed by atoms with van der Waals surface area (Å²) in [6.07, 6.45) is 0. The van der Waals surface area contributed by atoms with E-state index in [0.717, 1.165) is 23.7 Å². The molecule has 3 rings (SSSR count). The van der Waals surface area contributed by atoms with Gasteiger partial charge in [-0.15, -0.1) is 0 Å². The number of rotatable bonds is 3. The number of aryl methyl sites for hydroxylation is 1. The molecule has 0 atom stereocenters. The normalized spacial score (nSPS) is 15.7. The molecule has 106 valence electrons. The van der Waals surface area contributed by atoms with E-state index < -0.39 is 0 Å². The number of anilines is 1. The van der Waals surface area contributed by atoms with Gasteiger partial charge in [-0.25, -0.2) is 4.98 Å². The highest BCUT2D eigenvalue weighted by atomic mass is 32.1. The molecule has 5 heteroatoms. The molecule has 1 amide bonds. The number of carbonyl (C=O) groups is 1. The lowest BCUT2D eigenvalue weighted by Gasteiger charge is -2.38. The third-order valence-corrected chi connectivity index (χ3v) is 4.57. The maximum Gasteiger partial charge on any atom is 0.226 e. The third kappa shape index (κ3) is 2.50. The van der Waals surface area contributed by atoms with Crippen LogP contribution in [-0.4, -0.2) is 30.0 Å². The molecule has 0 radical (unpaired) electrons. The molecule has 2 aromatic rings. The Hall–Kier alpha value is -1.62. The van der Waals surface area contributed by atoms with Gasteiger partial charge in [-0.1, -0.05) is 17.4 Å². The van der Waals surface area contributed by atoms with Gasteiger partial charge in [-0.2, -0.15) is 0 Å². The first kappa shape index (κ1) is 13.4. The summed E-state index contributed by atoms with van der Waals surface area (Å²) in [5.74, 6) is 0.263. The van der Waals surface area contributed by atoms with Crippen molar-refractivity contribution < 1.29 is 4.79 Å². The van der Waals surface area contributed by atoms with Crippen LogP contribution in [-0.2, 0) is 4.79 Å². The third-order valence-electron chi connectivity index (χ3n) is 3.49. The molecule has 20 heavy (non-hydrogen) atoms. The standard InChI is InChI=1S/C15H19N3OS/c1-9(2)16-14(19)11-7-18(8-11)15-17-12-5-4-10(3)6-13(12)20-15/h4-6,9,11H,7-8H2,1-3H3,(H,16,19). The number of carbonyl (C=O) groups excluding carboxylic acids is 1. The van der Waals surface area contributed by atoms with Gasteiger partial charge in [0.05, 0.1) is 16.1 Å². The lowest BCUT2D eigenvalue weighted by atomic mass is 10.00. The quantitative estimate of drug-likeness (QED) is 0.944. The van der Waals surface area contributed by atoms with E-state index in [2.05, 4.69) is 40.3 Å². The van der Waals surface area contributed by atoms with Crippen LogP contribution in [0.4, 0.5) is 5.13 Å². The van der Waals surface area contributed by atoms with Gasteiger partial charge in [-0.05, 0) is 38.5 Å². The van der Waals surface area contributed by atoms with Crippen molar-refractivity contribution in [2.45, 2.75) is 26.8 Å². The molecule has 1 fully saturated rings. The Labute approximate surface area is 122 Å². The molecule has 1 aliphatic heterocycles. The summed E-state index contributed by atoms with van der Waals surface area (Å²) in [5, 5.41) is 4.00. The number of amides is 1. The summed E-state index contributed by atoms with van der Waals surface area (Å²) in [7, 11) is 0. The molecule has 0 saturated carbocycles. The van der Waals surface area contributed by atoms with Crippen LogP contribution in [0.2, 0.25) is 0 Å². The minimum atomic E-state index is 0.103. The number of fused-ring (bicyclic) bond motifs is 1. The predicted molar refractivity (Wildman–Crippen MR) is 83.3 cm³/mol. The highest BCUT2D eigenvalue weighted by Gasteiger charge is 2.34. The fraction of sp³-hybridized carbons (Fsp3) is 0.467. The molecular weight excluding hydrogens is 270 g/mol. The molecule has 1 saturated heterocycles. The Balaban J connectivity index is 1.68. The molecule has 1 aromatic heterocycles. The zero-order valence-electron chi connectivity index (χ0n) is 12.0. The molecule has 0 bridgehead atoms. The molecule has 1 aromatic carbocycles. The van der Waals surface area contributed by atoms with E-state index in [1.54, 1.807) is 11.3 Å². The van der Waals surface area contributed by atoms with Crippen LogP contribution in [0, 0.1) is 12.8 Å². The van der Waals surface area contributed by atoms with Gasteiger partial charge in [0.1, 0.15) is 0 Å². The number of hydrogen-bond donors (Lipinski definition) is 1. The molecule has 0 aliphatic carbocycles. The monoisotopic (exact) mass is 289 g/mol. The van der Waals surface area contributed by atoms with E-state index in [1.165, 1.54) is 10.3 Å². The van der Waals surface area contributed by atoms with Crippen molar-refractivity contribution in [3.63, 3.8) is 0 Å². The SMILES string of the molecule is Cc1ccc2nc(N3CC(C(=O)NC(C)C)C3)sc2c1. The molecule has 4 nitrogen and oxygen atoms in total. The van der Waals surface area contributed by atoms with Gasteiger partial charge in [0.15, 0.2) is 5.13 Å². The van der Waals surface area contributed by atoms with Crippen molar-refractivity contribution in [2.75, 3.05) is 18.0 Å². The Morgan fingerprint density at radius 3 is 2.90 bits per heavy atom. The minimum absolute atomic E-state index is 0.103. The van der Waals surface area contributed by atoms with Crippen LogP contribution in [0.5, 0.6) is 0 Å². The smallest absolute Gasteiger partial charge is 0.226 e. The number of benzene rings is 1. The second kappa shape index (κ2) is 5.05. The Kier molecular flexibility index (Phi) is 3.38. The zero-order chi connectivity index (χ0) is 14.3. The van der Waals surface area contributed by atoms with Crippen LogP contribution in [0.1, 0.15) is 19.4 Å². The Bertz CT molecular complexity index is 644. The molecule has 0 spiro atoms. The first-order valence-electron chi connectivity index (χ1n) is 6.95. The Morgan fingerprint density at radius 2 is 2.20 bits per heavy atom. The number of nitrogens with zero attached hydrogens (tertiary/aromatic N) is 2. The predicted octanol–water partition coefficient (Wildman–Crippen LogP) is 2.57. The average molecular weight is 289 g/mol. The van der Waals surface area contributed by atoms with Gasteiger partial charge in [-0.3, -0.25) is 4.79 Å². The van der Waals surface area contributed by atoms with Gasteiger partial charge >= 0.3 is 0 Å². The molecule has 0 unspecified atom stereocenters. The maximum atomic E-state index is 11.9. The highest BCUT2D eigenvalue weighted by molar-refractivity contribution is 7.22. The van der Waals surface area contributed by atoms with Gasteiger partial charge in [0.25, 0.3) is 0 Å². The summed E-state index contributed by atoms with van der Waals surface area (Å²) in [4.78, 5) is 18.7. The van der Waals surface area contributed by atoms with E-state index in [4.69, 9.17) is 0 Å². The van der Waals surface area contributed by atoms with E-state index in [0.29, 0.717) is 0 Å².